The maximum Gasteiger partial charge on any atom is 0.227 e. The van der Waals surface area contributed by atoms with E-state index in [2.05, 4.69) is 19.9 Å². The van der Waals surface area contributed by atoms with Crippen LogP contribution in [0.2, 0.25) is 5.15 Å². The number of aromatic nitrogens is 4. The molecule has 1 saturated heterocycles. The largest absolute Gasteiger partial charge is 0.383 e. The number of halogens is 1. The van der Waals surface area contributed by atoms with E-state index >= 15 is 0 Å². The fourth-order valence-electron chi connectivity index (χ4n) is 2.06. The molecule has 1 aliphatic heterocycles. The van der Waals surface area contributed by atoms with Crippen LogP contribution in [0.1, 0.15) is 0 Å². The van der Waals surface area contributed by atoms with E-state index in [0.717, 1.165) is 0 Å². The fraction of sp³-hybridized carbons (Fsp3) is 0.333. The molecule has 0 unspecified atom stereocenters. The molecule has 0 bridgehead atoms. The van der Waals surface area contributed by atoms with Gasteiger partial charge >= 0.3 is 0 Å². The van der Waals surface area contributed by atoms with Crippen molar-refractivity contribution in [1.82, 2.24) is 19.9 Å². The number of hydrogen-bond acceptors (Lipinski definition) is 8. The van der Waals surface area contributed by atoms with Crippen molar-refractivity contribution in [2.45, 2.75) is 0 Å². The number of hydrogen-bond donors (Lipinski definition) is 2. The molecule has 21 heavy (non-hydrogen) atoms. The number of rotatable bonds is 2. The molecule has 0 spiro atoms. The van der Waals surface area contributed by atoms with Crippen LogP contribution in [-0.4, -0.2) is 46.2 Å². The third kappa shape index (κ3) is 2.96. The lowest BCUT2D eigenvalue weighted by molar-refractivity contribution is 0.122. The highest BCUT2D eigenvalue weighted by Gasteiger charge is 2.17. The van der Waals surface area contributed by atoms with E-state index in [1.807, 2.05) is 4.90 Å². The zero-order valence-corrected chi connectivity index (χ0v) is 11.9. The predicted octanol–water partition coefficient (Wildman–Crippen LogP) is 0.588. The summed E-state index contributed by atoms with van der Waals surface area (Å²) in [7, 11) is 0. The number of nitrogens with zero attached hydrogens (tertiary/aromatic N) is 5. The molecule has 0 atom stereocenters. The van der Waals surface area contributed by atoms with Crippen LogP contribution in [0.15, 0.2) is 12.3 Å². The van der Waals surface area contributed by atoms with Crippen LogP contribution in [0.3, 0.4) is 0 Å². The monoisotopic (exact) mass is 307 g/mol. The highest BCUT2D eigenvalue weighted by molar-refractivity contribution is 6.29. The number of morpholine rings is 1. The standard InChI is InChI=1S/C12H14ClN7O/c13-9-5-8(7-6-16-11(15)19-10(7)14)17-12(18-9)20-1-3-21-4-2-20/h5-6H,1-4H2,(H4,14,15,16,19). The zero-order valence-electron chi connectivity index (χ0n) is 11.2. The quantitative estimate of drug-likeness (QED) is 0.774. The van der Waals surface area contributed by atoms with Crippen LogP contribution in [0, 0.1) is 0 Å². The van der Waals surface area contributed by atoms with Gasteiger partial charge < -0.3 is 21.1 Å². The van der Waals surface area contributed by atoms with Crippen LogP contribution in [0.25, 0.3) is 11.3 Å². The van der Waals surface area contributed by atoms with E-state index in [4.69, 9.17) is 27.8 Å². The van der Waals surface area contributed by atoms with E-state index < -0.39 is 0 Å². The van der Waals surface area contributed by atoms with E-state index in [1.165, 1.54) is 6.20 Å². The number of ether oxygens (including phenoxy) is 1. The predicted molar refractivity (Wildman–Crippen MR) is 79.9 cm³/mol. The maximum atomic E-state index is 6.09. The van der Waals surface area contributed by atoms with Gasteiger partial charge in [-0.15, -0.1) is 0 Å². The normalized spacial score (nSPS) is 15.2. The van der Waals surface area contributed by atoms with Gasteiger partial charge in [-0.3, -0.25) is 0 Å². The summed E-state index contributed by atoms with van der Waals surface area (Å²) in [5, 5.41) is 0.331. The number of nitrogen functional groups attached to an aromatic ring is 2. The molecule has 9 heteroatoms. The van der Waals surface area contributed by atoms with Gasteiger partial charge in [-0.1, -0.05) is 11.6 Å². The van der Waals surface area contributed by atoms with E-state index in [-0.39, 0.29) is 11.8 Å². The molecule has 3 rings (SSSR count). The minimum absolute atomic E-state index is 0.116. The number of anilines is 3. The maximum absolute atomic E-state index is 6.09. The molecule has 110 valence electrons. The van der Waals surface area contributed by atoms with Gasteiger partial charge in [0.05, 0.1) is 24.5 Å². The second-order valence-electron chi connectivity index (χ2n) is 4.50. The highest BCUT2D eigenvalue weighted by atomic mass is 35.5. The zero-order chi connectivity index (χ0) is 14.8. The summed E-state index contributed by atoms with van der Waals surface area (Å²) in [6, 6.07) is 1.62. The Kier molecular flexibility index (Phi) is 3.72. The molecule has 2 aromatic heterocycles. The Morgan fingerprint density at radius 1 is 1.14 bits per heavy atom. The minimum Gasteiger partial charge on any atom is -0.383 e. The summed E-state index contributed by atoms with van der Waals surface area (Å²) in [5.41, 5.74) is 12.5. The van der Waals surface area contributed by atoms with Crippen molar-refractivity contribution >= 4 is 29.3 Å². The summed E-state index contributed by atoms with van der Waals surface area (Å²) in [5.74, 6) is 0.909. The molecular formula is C12H14ClN7O. The topological polar surface area (TPSA) is 116 Å². The van der Waals surface area contributed by atoms with Crippen molar-refractivity contribution in [3.05, 3.63) is 17.4 Å². The summed E-state index contributed by atoms with van der Waals surface area (Å²) in [6.07, 6.45) is 1.53. The molecule has 4 N–H and O–H groups in total. The lowest BCUT2D eigenvalue weighted by Gasteiger charge is -2.27. The van der Waals surface area contributed by atoms with Crippen molar-refractivity contribution in [3.63, 3.8) is 0 Å². The van der Waals surface area contributed by atoms with Gasteiger partial charge in [0.15, 0.2) is 0 Å². The van der Waals surface area contributed by atoms with Gasteiger partial charge in [-0.05, 0) is 0 Å². The van der Waals surface area contributed by atoms with Crippen molar-refractivity contribution in [2.75, 3.05) is 42.7 Å². The van der Waals surface area contributed by atoms with Crippen molar-refractivity contribution < 1.29 is 4.74 Å². The Labute approximate surface area is 126 Å². The Morgan fingerprint density at radius 2 is 1.90 bits per heavy atom. The first-order valence-corrected chi connectivity index (χ1v) is 6.77. The Morgan fingerprint density at radius 3 is 2.62 bits per heavy atom. The summed E-state index contributed by atoms with van der Waals surface area (Å²) >= 11 is 6.09. The van der Waals surface area contributed by atoms with Gasteiger partial charge in [0, 0.05) is 25.4 Å². The fourth-order valence-corrected chi connectivity index (χ4v) is 2.23. The molecule has 0 aromatic carbocycles. The third-order valence-electron chi connectivity index (χ3n) is 3.09. The molecule has 0 amide bonds. The first kappa shape index (κ1) is 13.8. The molecule has 8 nitrogen and oxygen atoms in total. The lowest BCUT2D eigenvalue weighted by Crippen LogP contribution is -2.37. The van der Waals surface area contributed by atoms with E-state index in [9.17, 15) is 0 Å². The third-order valence-corrected chi connectivity index (χ3v) is 3.28. The molecule has 2 aromatic rings. The second kappa shape index (κ2) is 5.66. The molecule has 3 heterocycles. The second-order valence-corrected chi connectivity index (χ2v) is 4.89. The van der Waals surface area contributed by atoms with E-state index in [0.29, 0.717) is 48.7 Å². The summed E-state index contributed by atoms with van der Waals surface area (Å²) < 4.78 is 5.31. The van der Waals surface area contributed by atoms with Crippen LogP contribution in [-0.2, 0) is 4.74 Å². The summed E-state index contributed by atoms with van der Waals surface area (Å²) in [4.78, 5) is 18.6. The Bertz CT molecular complexity index is 660. The first-order chi connectivity index (χ1) is 10.1. The van der Waals surface area contributed by atoms with Crippen molar-refractivity contribution in [3.8, 4) is 11.3 Å². The Hall–Kier alpha value is -2.19. The Balaban J connectivity index is 2.00. The minimum atomic E-state index is 0.116. The molecular weight excluding hydrogens is 294 g/mol. The molecule has 0 radical (unpaired) electrons. The lowest BCUT2D eigenvalue weighted by atomic mass is 10.2. The van der Waals surface area contributed by atoms with Crippen LogP contribution < -0.4 is 16.4 Å². The van der Waals surface area contributed by atoms with Crippen molar-refractivity contribution in [1.29, 1.82) is 0 Å². The van der Waals surface area contributed by atoms with Crippen LogP contribution in [0.5, 0.6) is 0 Å². The SMILES string of the molecule is Nc1ncc(-c2cc(Cl)nc(N3CCOCC3)n2)c(N)n1. The molecule has 1 fully saturated rings. The van der Waals surface area contributed by atoms with Crippen LogP contribution in [0.4, 0.5) is 17.7 Å². The smallest absolute Gasteiger partial charge is 0.227 e. The first-order valence-electron chi connectivity index (χ1n) is 6.39. The molecule has 0 saturated carbocycles. The average molecular weight is 308 g/mol. The van der Waals surface area contributed by atoms with Gasteiger partial charge in [0.25, 0.3) is 0 Å². The van der Waals surface area contributed by atoms with Crippen LogP contribution >= 0.6 is 11.6 Å². The average Bonchev–Trinajstić information content (AvgIpc) is 2.47. The van der Waals surface area contributed by atoms with Gasteiger partial charge in [-0.25, -0.2) is 15.0 Å². The van der Waals surface area contributed by atoms with Gasteiger partial charge in [0.1, 0.15) is 11.0 Å². The van der Waals surface area contributed by atoms with E-state index in [1.54, 1.807) is 6.07 Å². The molecule has 1 aliphatic rings. The van der Waals surface area contributed by atoms with Gasteiger partial charge in [-0.2, -0.15) is 4.98 Å². The number of nitrogens with two attached hydrogens (primary N) is 2. The van der Waals surface area contributed by atoms with Crippen molar-refractivity contribution in [2.24, 2.45) is 0 Å². The highest BCUT2D eigenvalue weighted by Crippen LogP contribution is 2.26. The van der Waals surface area contributed by atoms with Gasteiger partial charge in [0.2, 0.25) is 11.9 Å². The molecule has 0 aliphatic carbocycles. The summed E-state index contributed by atoms with van der Waals surface area (Å²) in [6.45, 7) is 2.71.